The van der Waals surface area contributed by atoms with Gasteiger partial charge in [-0.2, -0.15) is 0 Å². The molecule has 0 radical (unpaired) electrons. The van der Waals surface area contributed by atoms with Crippen molar-refractivity contribution >= 4 is 17.7 Å². The van der Waals surface area contributed by atoms with E-state index in [-0.39, 0.29) is 17.5 Å². The van der Waals surface area contributed by atoms with Gasteiger partial charge in [-0.1, -0.05) is 19.9 Å². The zero-order valence-corrected chi connectivity index (χ0v) is 9.90. The second-order valence-electron chi connectivity index (χ2n) is 4.18. The van der Waals surface area contributed by atoms with Gasteiger partial charge in [0.25, 0.3) is 5.91 Å². The predicted molar refractivity (Wildman–Crippen MR) is 58.1 cm³/mol. The van der Waals surface area contributed by atoms with E-state index in [1.54, 1.807) is 6.08 Å². The van der Waals surface area contributed by atoms with Crippen LogP contribution in [0.15, 0.2) is 11.8 Å². The molecule has 1 rings (SSSR count). The summed E-state index contributed by atoms with van der Waals surface area (Å²) in [5.74, 6) is -1.06. The van der Waals surface area contributed by atoms with Crippen LogP contribution in [0.1, 0.15) is 27.7 Å². The van der Waals surface area contributed by atoms with E-state index in [9.17, 15) is 14.4 Å². The first-order valence-electron chi connectivity index (χ1n) is 5.21. The molecular weight excluding hydrogens is 208 g/mol. The van der Waals surface area contributed by atoms with Crippen molar-refractivity contribution in [3.63, 3.8) is 0 Å². The number of nitrogens with zero attached hydrogens (tertiary/aromatic N) is 1. The summed E-state index contributed by atoms with van der Waals surface area (Å²) in [6, 6.07) is -0.741. The number of piperazine rings is 1. The Kier molecular flexibility index (Phi) is 3.47. The first-order chi connectivity index (χ1) is 7.34. The minimum Gasteiger partial charge on any atom is -0.320 e. The van der Waals surface area contributed by atoms with Gasteiger partial charge in [0.1, 0.15) is 11.7 Å². The second-order valence-corrected chi connectivity index (χ2v) is 4.18. The minimum absolute atomic E-state index is 0.126. The van der Waals surface area contributed by atoms with E-state index in [0.717, 1.165) is 4.90 Å². The summed E-state index contributed by atoms with van der Waals surface area (Å²) in [5, 5.41) is 2.51. The van der Waals surface area contributed by atoms with Crippen molar-refractivity contribution in [2.75, 3.05) is 0 Å². The molecule has 1 aliphatic heterocycles. The van der Waals surface area contributed by atoms with E-state index in [4.69, 9.17) is 0 Å². The van der Waals surface area contributed by atoms with Crippen LogP contribution in [-0.4, -0.2) is 28.7 Å². The van der Waals surface area contributed by atoms with Gasteiger partial charge >= 0.3 is 0 Å². The first-order valence-corrected chi connectivity index (χ1v) is 5.21. The zero-order valence-electron chi connectivity index (χ0n) is 9.90. The van der Waals surface area contributed by atoms with E-state index >= 15 is 0 Å². The van der Waals surface area contributed by atoms with Crippen LogP contribution in [0.25, 0.3) is 0 Å². The quantitative estimate of drug-likeness (QED) is 0.656. The van der Waals surface area contributed by atoms with Gasteiger partial charge in [-0.05, 0) is 12.8 Å². The molecule has 1 fully saturated rings. The number of imide groups is 1. The van der Waals surface area contributed by atoms with Gasteiger partial charge in [0.05, 0.1) is 0 Å². The van der Waals surface area contributed by atoms with Crippen molar-refractivity contribution in [1.29, 1.82) is 0 Å². The van der Waals surface area contributed by atoms with Crippen LogP contribution in [0.4, 0.5) is 0 Å². The van der Waals surface area contributed by atoms with E-state index in [1.165, 1.54) is 13.8 Å². The second kappa shape index (κ2) is 4.47. The molecule has 5 nitrogen and oxygen atoms in total. The van der Waals surface area contributed by atoms with Crippen molar-refractivity contribution < 1.29 is 14.4 Å². The van der Waals surface area contributed by atoms with Crippen LogP contribution < -0.4 is 5.32 Å². The van der Waals surface area contributed by atoms with Crippen LogP contribution in [0.5, 0.6) is 0 Å². The Hall–Kier alpha value is -1.65. The largest absolute Gasteiger partial charge is 0.320 e. The third-order valence-electron chi connectivity index (χ3n) is 2.31. The van der Waals surface area contributed by atoms with Crippen LogP contribution in [0.2, 0.25) is 0 Å². The Morgan fingerprint density at radius 2 is 2.00 bits per heavy atom. The van der Waals surface area contributed by atoms with E-state index in [2.05, 4.69) is 5.32 Å². The molecule has 0 spiro atoms. The summed E-state index contributed by atoms with van der Waals surface area (Å²) in [7, 11) is 0. The van der Waals surface area contributed by atoms with Crippen molar-refractivity contribution in [3.05, 3.63) is 11.8 Å². The fraction of sp³-hybridized carbons (Fsp3) is 0.545. The number of rotatable bonds is 1. The Balaban J connectivity index is 3.07. The molecule has 0 bridgehead atoms. The van der Waals surface area contributed by atoms with Gasteiger partial charge in [-0.3, -0.25) is 19.3 Å². The topological polar surface area (TPSA) is 66.5 Å². The third kappa shape index (κ3) is 2.29. The van der Waals surface area contributed by atoms with Crippen LogP contribution >= 0.6 is 0 Å². The lowest BCUT2D eigenvalue weighted by Gasteiger charge is -2.31. The normalized spacial score (nSPS) is 23.9. The van der Waals surface area contributed by atoms with Gasteiger partial charge in [-0.25, -0.2) is 0 Å². The molecule has 0 aliphatic carbocycles. The highest BCUT2D eigenvalue weighted by Crippen LogP contribution is 2.14. The smallest absolute Gasteiger partial charge is 0.277 e. The average molecular weight is 224 g/mol. The van der Waals surface area contributed by atoms with Crippen molar-refractivity contribution in [3.8, 4) is 0 Å². The number of nitrogens with one attached hydrogen (secondary N) is 1. The van der Waals surface area contributed by atoms with E-state index in [1.807, 2.05) is 13.8 Å². The molecule has 88 valence electrons. The summed E-state index contributed by atoms with van der Waals surface area (Å²) >= 11 is 0. The highest BCUT2D eigenvalue weighted by molar-refractivity contribution is 6.11. The Bertz CT molecular complexity index is 371. The summed E-state index contributed by atoms with van der Waals surface area (Å²) in [4.78, 5) is 35.7. The molecule has 1 aliphatic rings. The summed E-state index contributed by atoms with van der Waals surface area (Å²) in [6.07, 6.45) is 1.64. The van der Waals surface area contributed by atoms with Gasteiger partial charge in [0.15, 0.2) is 0 Å². The minimum atomic E-state index is -0.741. The zero-order chi connectivity index (χ0) is 12.5. The molecule has 1 saturated heterocycles. The molecule has 0 saturated carbocycles. The number of allylic oxidation sites excluding steroid dienone is 1. The van der Waals surface area contributed by atoms with E-state index < -0.39 is 17.9 Å². The summed E-state index contributed by atoms with van der Waals surface area (Å²) < 4.78 is 0. The van der Waals surface area contributed by atoms with Crippen LogP contribution in [-0.2, 0) is 14.4 Å². The molecule has 0 aromatic carbocycles. The standard InChI is InChI=1S/C11H16N2O3/c1-6(2)5-9-11(16)13(8(4)14)7(3)10(15)12-9/h5-7H,1-4H3,(H,12,15)/b9-5-/t7-/m1/s1. The highest BCUT2D eigenvalue weighted by Gasteiger charge is 2.36. The Morgan fingerprint density at radius 3 is 2.44 bits per heavy atom. The fourth-order valence-corrected chi connectivity index (χ4v) is 1.58. The van der Waals surface area contributed by atoms with Crippen LogP contribution in [0.3, 0.4) is 0 Å². The van der Waals surface area contributed by atoms with Gasteiger partial charge in [0.2, 0.25) is 11.8 Å². The Labute approximate surface area is 94.5 Å². The molecule has 0 aromatic heterocycles. The molecule has 1 N–H and O–H groups in total. The molecular formula is C11H16N2O3. The lowest BCUT2D eigenvalue weighted by atomic mass is 10.1. The lowest BCUT2D eigenvalue weighted by molar-refractivity contribution is -0.151. The Morgan fingerprint density at radius 1 is 1.44 bits per heavy atom. The van der Waals surface area contributed by atoms with E-state index in [0.29, 0.717) is 0 Å². The monoisotopic (exact) mass is 224 g/mol. The van der Waals surface area contributed by atoms with Gasteiger partial charge in [0, 0.05) is 6.92 Å². The molecule has 1 atom stereocenters. The molecule has 3 amide bonds. The maximum atomic E-state index is 11.9. The maximum Gasteiger partial charge on any atom is 0.277 e. The number of hydrogen-bond donors (Lipinski definition) is 1. The highest BCUT2D eigenvalue weighted by atomic mass is 16.2. The summed E-state index contributed by atoms with van der Waals surface area (Å²) in [5.41, 5.74) is 0.188. The van der Waals surface area contributed by atoms with Crippen molar-refractivity contribution in [2.24, 2.45) is 5.92 Å². The molecule has 0 aromatic rings. The average Bonchev–Trinajstić information content (AvgIpc) is 2.13. The van der Waals surface area contributed by atoms with Gasteiger partial charge < -0.3 is 5.32 Å². The van der Waals surface area contributed by atoms with Crippen molar-refractivity contribution in [1.82, 2.24) is 10.2 Å². The molecule has 1 heterocycles. The molecule has 16 heavy (non-hydrogen) atoms. The fourth-order valence-electron chi connectivity index (χ4n) is 1.58. The predicted octanol–water partition coefficient (Wildman–Crippen LogP) is 0.420. The number of carbonyl (C=O) groups is 3. The number of carbonyl (C=O) groups excluding carboxylic acids is 3. The maximum absolute atomic E-state index is 11.9. The number of hydrogen-bond acceptors (Lipinski definition) is 3. The number of amides is 3. The van der Waals surface area contributed by atoms with Gasteiger partial charge in [-0.15, -0.1) is 0 Å². The molecule has 5 heteroatoms. The SMILES string of the molecule is CC(=O)N1C(=O)/C(=C/C(C)C)NC(=O)[C@H]1C. The molecule has 0 unspecified atom stereocenters. The summed E-state index contributed by atoms with van der Waals surface area (Å²) in [6.45, 7) is 6.59. The van der Waals surface area contributed by atoms with Crippen LogP contribution in [0, 0.1) is 5.92 Å². The van der Waals surface area contributed by atoms with Crippen molar-refractivity contribution in [2.45, 2.75) is 33.7 Å². The lowest BCUT2D eigenvalue weighted by Crippen LogP contribution is -2.57. The third-order valence-corrected chi connectivity index (χ3v) is 2.31. The first kappa shape index (κ1) is 12.4.